The van der Waals surface area contributed by atoms with E-state index in [1.165, 1.54) is 23.1 Å². The maximum Gasteiger partial charge on any atom is 0.254 e. The van der Waals surface area contributed by atoms with E-state index in [9.17, 15) is 20.1 Å². The summed E-state index contributed by atoms with van der Waals surface area (Å²) in [6.07, 6.45) is 0. The molecule has 104 valence electrons. The normalized spacial score (nSPS) is 10.2. The summed E-state index contributed by atoms with van der Waals surface area (Å²) in [7, 11) is 1.64. The molecule has 0 aromatic heterocycles. The van der Waals surface area contributed by atoms with Crippen molar-refractivity contribution in [2.45, 2.75) is 6.54 Å². The predicted octanol–water partition coefficient (Wildman–Crippen LogP) is 2.08. The zero-order valence-corrected chi connectivity index (χ0v) is 10.9. The first kappa shape index (κ1) is 13.7. The molecule has 0 aliphatic heterocycles. The Bertz CT molecular complexity index is 622. The molecule has 20 heavy (non-hydrogen) atoms. The van der Waals surface area contributed by atoms with E-state index in [1.807, 2.05) is 0 Å². The van der Waals surface area contributed by atoms with Crippen molar-refractivity contribution in [1.29, 1.82) is 0 Å². The van der Waals surface area contributed by atoms with Gasteiger partial charge in [0.05, 0.1) is 0 Å². The van der Waals surface area contributed by atoms with E-state index in [-0.39, 0.29) is 23.2 Å². The van der Waals surface area contributed by atoms with E-state index < -0.39 is 0 Å². The quantitative estimate of drug-likeness (QED) is 0.748. The molecular formula is C15H15NO4. The maximum absolute atomic E-state index is 12.2. The van der Waals surface area contributed by atoms with Crippen LogP contribution in [0.3, 0.4) is 0 Å². The van der Waals surface area contributed by atoms with E-state index in [0.29, 0.717) is 12.1 Å². The Balaban J connectivity index is 2.11. The number of amides is 1. The second-order valence-electron chi connectivity index (χ2n) is 4.53. The molecule has 0 unspecified atom stereocenters. The van der Waals surface area contributed by atoms with Crippen LogP contribution in [-0.4, -0.2) is 33.2 Å². The maximum atomic E-state index is 12.2. The zero-order chi connectivity index (χ0) is 14.7. The Labute approximate surface area is 116 Å². The molecule has 0 bridgehead atoms. The van der Waals surface area contributed by atoms with Crippen LogP contribution in [0.15, 0.2) is 42.5 Å². The molecule has 0 heterocycles. The lowest BCUT2D eigenvalue weighted by atomic mass is 10.1. The fourth-order valence-electron chi connectivity index (χ4n) is 1.82. The molecular weight excluding hydrogens is 258 g/mol. The number of carbonyl (C=O) groups excluding carboxylic acids is 1. The van der Waals surface area contributed by atoms with Crippen LogP contribution in [0.2, 0.25) is 0 Å². The second-order valence-corrected chi connectivity index (χ2v) is 4.53. The number of carbonyl (C=O) groups is 1. The van der Waals surface area contributed by atoms with Gasteiger partial charge in [-0.25, -0.2) is 0 Å². The lowest BCUT2D eigenvalue weighted by Crippen LogP contribution is -2.26. The first-order valence-corrected chi connectivity index (χ1v) is 6.02. The second kappa shape index (κ2) is 5.52. The molecule has 5 heteroatoms. The van der Waals surface area contributed by atoms with Crippen LogP contribution in [0, 0.1) is 0 Å². The molecule has 3 N–H and O–H groups in total. The average molecular weight is 273 g/mol. The summed E-state index contributed by atoms with van der Waals surface area (Å²) in [6, 6.07) is 10.5. The van der Waals surface area contributed by atoms with Crippen LogP contribution in [0.5, 0.6) is 17.2 Å². The molecule has 0 radical (unpaired) electrons. The number of hydrogen-bond donors (Lipinski definition) is 3. The van der Waals surface area contributed by atoms with Gasteiger partial charge in [0.1, 0.15) is 5.75 Å². The first-order chi connectivity index (χ1) is 9.47. The zero-order valence-electron chi connectivity index (χ0n) is 10.9. The standard InChI is InChI=1S/C15H15NO4/c1-16(9-10-2-5-12(17)6-3-10)15(20)11-4-7-13(18)14(19)8-11/h2-8,17-19H,9H2,1H3. The van der Waals surface area contributed by atoms with Crippen LogP contribution >= 0.6 is 0 Å². The molecule has 0 saturated carbocycles. The van der Waals surface area contributed by atoms with Gasteiger partial charge in [0.2, 0.25) is 0 Å². The Kier molecular flexibility index (Phi) is 3.79. The van der Waals surface area contributed by atoms with E-state index in [1.54, 1.807) is 31.3 Å². The Morgan fingerprint density at radius 2 is 1.65 bits per heavy atom. The van der Waals surface area contributed by atoms with Crippen LogP contribution in [-0.2, 0) is 6.54 Å². The highest BCUT2D eigenvalue weighted by Gasteiger charge is 2.13. The first-order valence-electron chi connectivity index (χ1n) is 6.02. The van der Waals surface area contributed by atoms with E-state index in [4.69, 9.17) is 0 Å². The van der Waals surface area contributed by atoms with Gasteiger partial charge >= 0.3 is 0 Å². The summed E-state index contributed by atoms with van der Waals surface area (Å²) in [4.78, 5) is 13.6. The number of hydrogen-bond acceptors (Lipinski definition) is 4. The Morgan fingerprint density at radius 1 is 1.00 bits per heavy atom. The highest BCUT2D eigenvalue weighted by molar-refractivity contribution is 5.94. The lowest BCUT2D eigenvalue weighted by Gasteiger charge is -2.17. The van der Waals surface area contributed by atoms with Gasteiger partial charge < -0.3 is 20.2 Å². The molecule has 2 aromatic rings. The summed E-state index contributed by atoms with van der Waals surface area (Å²) < 4.78 is 0. The summed E-state index contributed by atoms with van der Waals surface area (Å²) in [5.41, 5.74) is 1.17. The molecule has 1 amide bonds. The van der Waals surface area contributed by atoms with Crippen LogP contribution < -0.4 is 0 Å². The molecule has 2 rings (SSSR count). The van der Waals surface area contributed by atoms with Crippen molar-refractivity contribution < 1.29 is 20.1 Å². The number of rotatable bonds is 3. The highest BCUT2D eigenvalue weighted by atomic mass is 16.3. The monoisotopic (exact) mass is 273 g/mol. The van der Waals surface area contributed by atoms with Gasteiger partial charge in [0.25, 0.3) is 5.91 Å². The van der Waals surface area contributed by atoms with Crippen molar-refractivity contribution in [1.82, 2.24) is 4.90 Å². The minimum absolute atomic E-state index is 0.172. The third-order valence-electron chi connectivity index (χ3n) is 2.93. The highest BCUT2D eigenvalue weighted by Crippen LogP contribution is 2.25. The van der Waals surface area contributed by atoms with Crippen molar-refractivity contribution in [3.8, 4) is 17.2 Å². The number of phenolic OH excluding ortho intramolecular Hbond substituents is 3. The van der Waals surface area contributed by atoms with Gasteiger partial charge in [-0.2, -0.15) is 0 Å². The summed E-state index contributed by atoms with van der Waals surface area (Å²) >= 11 is 0. The van der Waals surface area contributed by atoms with Crippen molar-refractivity contribution >= 4 is 5.91 Å². The fourth-order valence-corrected chi connectivity index (χ4v) is 1.82. The average Bonchev–Trinajstić information content (AvgIpc) is 2.43. The topological polar surface area (TPSA) is 81.0 Å². The van der Waals surface area contributed by atoms with Gasteiger partial charge in [-0.3, -0.25) is 4.79 Å². The number of benzene rings is 2. The molecule has 0 atom stereocenters. The van der Waals surface area contributed by atoms with E-state index >= 15 is 0 Å². The van der Waals surface area contributed by atoms with Gasteiger partial charge in [0.15, 0.2) is 11.5 Å². The van der Waals surface area contributed by atoms with Crippen LogP contribution in [0.25, 0.3) is 0 Å². The molecule has 0 fully saturated rings. The van der Waals surface area contributed by atoms with Crippen molar-refractivity contribution in [3.63, 3.8) is 0 Å². The van der Waals surface area contributed by atoms with Crippen molar-refractivity contribution in [3.05, 3.63) is 53.6 Å². The molecule has 2 aromatic carbocycles. The largest absolute Gasteiger partial charge is 0.508 e. The van der Waals surface area contributed by atoms with Gasteiger partial charge in [0, 0.05) is 19.2 Å². The number of phenols is 3. The fraction of sp³-hybridized carbons (Fsp3) is 0.133. The molecule has 0 saturated heterocycles. The minimum atomic E-state index is -0.325. The Morgan fingerprint density at radius 3 is 2.25 bits per heavy atom. The smallest absolute Gasteiger partial charge is 0.254 e. The lowest BCUT2D eigenvalue weighted by molar-refractivity contribution is 0.0784. The molecule has 5 nitrogen and oxygen atoms in total. The molecule has 0 aliphatic rings. The van der Waals surface area contributed by atoms with Crippen molar-refractivity contribution in [2.24, 2.45) is 0 Å². The predicted molar refractivity (Wildman–Crippen MR) is 73.7 cm³/mol. The van der Waals surface area contributed by atoms with Gasteiger partial charge in [-0.1, -0.05) is 12.1 Å². The van der Waals surface area contributed by atoms with E-state index in [0.717, 1.165) is 5.56 Å². The molecule has 0 aliphatic carbocycles. The SMILES string of the molecule is CN(Cc1ccc(O)cc1)C(=O)c1ccc(O)c(O)c1. The van der Waals surface area contributed by atoms with Crippen LogP contribution in [0.4, 0.5) is 0 Å². The van der Waals surface area contributed by atoms with Crippen LogP contribution in [0.1, 0.15) is 15.9 Å². The third kappa shape index (κ3) is 3.00. The Hall–Kier alpha value is -2.69. The van der Waals surface area contributed by atoms with Gasteiger partial charge in [-0.15, -0.1) is 0 Å². The summed E-state index contributed by atoms with van der Waals surface area (Å²) in [5, 5.41) is 27.8. The number of nitrogens with zero attached hydrogens (tertiary/aromatic N) is 1. The summed E-state index contributed by atoms with van der Waals surface area (Å²) in [5.74, 6) is -0.684. The third-order valence-corrected chi connectivity index (χ3v) is 2.93. The molecule has 0 spiro atoms. The minimum Gasteiger partial charge on any atom is -0.508 e. The summed E-state index contributed by atoms with van der Waals surface area (Å²) in [6.45, 7) is 0.376. The van der Waals surface area contributed by atoms with Crippen molar-refractivity contribution in [2.75, 3.05) is 7.05 Å². The number of aromatic hydroxyl groups is 3. The van der Waals surface area contributed by atoms with E-state index in [2.05, 4.69) is 0 Å². The van der Waals surface area contributed by atoms with Gasteiger partial charge in [-0.05, 0) is 35.9 Å².